The van der Waals surface area contributed by atoms with E-state index in [0.717, 1.165) is 40.4 Å². The minimum atomic E-state index is 0.0158. The second-order valence-electron chi connectivity index (χ2n) is 7.22. The lowest BCUT2D eigenvalue weighted by Gasteiger charge is -2.14. The van der Waals surface area contributed by atoms with Crippen LogP contribution in [0, 0.1) is 12.8 Å². The molecule has 0 atom stereocenters. The van der Waals surface area contributed by atoms with Gasteiger partial charge in [0, 0.05) is 34.7 Å². The number of hydrogen-bond acceptors (Lipinski definition) is 5. The van der Waals surface area contributed by atoms with Gasteiger partial charge in [0.15, 0.2) is 5.65 Å². The summed E-state index contributed by atoms with van der Waals surface area (Å²) < 4.78 is 7.14. The fourth-order valence-corrected chi connectivity index (χ4v) is 3.93. The summed E-state index contributed by atoms with van der Waals surface area (Å²) in [5.74, 6) is 1.23. The number of benzene rings is 1. The average molecular weight is 408 g/mol. The molecule has 0 saturated heterocycles. The molecule has 1 aliphatic carbocycles. The fourth-order valence-electron chi connectivity index (χ4n) is 3.54. The van der Waals surface area contributed by atoms with Crippen LogP contribution in [0.15, 0.2) is 36.8 Å². The number of carbonyl (C=O) groups excluding carboxylic acids is 1. The predicted molar refractivity (Wildman–Crippen MR) is 111 cm³/mol. The van der Waals surface area contributed by atoms with Crippen molar-refractivity contribution in [2.24, 2.45) is 5.92 Å². The Morgan fingerprint density at radius 3 is 2.86 bits per heavy atom. The molecule has 5 rings (SSSR count). The number of nitrogens with one attached hydrogen (secondary N) is 1. The normalized spacial score (nSPS) is 13.8. The zero-order valence-corrected chi connectivity index (χ0v) is 16.7. The molecule has 0 spiro atoms. The average Bonchev–Trinajstić information content (AvgIpc) is 3.45. The Balaban J connectivity index is 1.70. The number of pyridine rings is 2. The number of rotatable bonds is 4. The third-order valence-corrected chi connectivity index (χ3v) is 5.61. The van der Waals surface area contributed by atoms with Crippen LogP contribution in [0.2, 0.25) is 5.02 Å². The Labute approximate surface area is 171 Å². The van der Waals surface area contributed by atoms with E-state index in [2.05, 4.69) is 20.4 Å². The highest BCUT2D eigenvalue weighted by molar-refractivity contribution is 6.35. The topological polar surface area (TPSA) is 81.4 Å². The van der Waals surface area contributed by atoms with Crippen molar-refractivity contribution in [3.05, 3.63) is 47.4 Å². The van der Waals surface area contributed by atoms with Crippen LogP contribution in [0.4, 0.5) is 5.82 Å². The van der Waals surface area contributed by atoms with Gasteiger partial charge < -0.3 is 10.1 Å². The quantitative estimate of drug-likeness (QED) is 0.546. The van der Waals surface area contributed by atoms with Gasteiger partial charge in [0.25, 0.3) is 0 Å². The van der Waals surface area contributed by atoms with Crippen molar-refractivity contribution in [3.63, 3.8) is 0 Å². The third-order valence-electron chi connectivity index (χ3n) is 5.23. The molecule has 0 bridgehead atoms. The molecule has 1 fully saturated rings. The van der Waals surface area contributed by atoms with Crippen molar-refractivity contribution in [3.8, 4) is 16.9 Å². The Morgan fingerprint density at radius 1 is 1.28 bits per heavy atom. The summed E-state index contributed by atoms with van der Waals surface area (Å²) in [6.07, 6.45) is 5.12. The minimum Gasteiger partial charge on any atom is -0.495 e. The predicted octanol–water partition coefficient (Wildman–Crippen LogP) is 4.26. The number of ether oxygens (including phenoxy) is 1. The monoisotopic (exact) mass is 407 g/mol. The van der Waals surface area contributed by atoms with Gasteiger partial charge in [0.1, 0.15) is 17.9 Å². The van der Waals surface area contributed by atoms with Crippen LogP contribution in [0.25, 0.3) is 27.7 Å². The second kappa shape index (κ2) is 6.70. The molecule has 1 aromatic carbocycles. The molecule has 1 amide bonds. The molecular formula is C21H18ClN5O2. The maximum atomic E-state index is 12.1. The molecule has 1 saturated carbocycles. The number of methoxy groups -OCH3 is 1. The highest BCUT2D eigenvalue weighted by Gasteiger charge is 2.30. The van der Waals surface area contributed by atoms with Gasteiger partial charge >= 0.3 is 0 Å². The Kier molecular flexibility index (Phi) is 4.13. The van der Waals surface area contributed by atoms with Gasteiger partial charge in [-0.2, -0.15) is 5.10 Å². The van der Waals surface area contributed by atoms with Crippen LogP contribution < -0.4 is 10.1 Å². The van der Waals surface area contributed by atoms with Gasteiger partial charge in [-0.3, -0.25) is 4.79 Å². The van der Waals surface area contributed by atoms with Gasteiger partial charge in [-0.25, -0.2) is 14.5 Å². The highest BCUT2D eigenvalue weighted by Crippen LogP contribution is 2.40. The SMILES string of the molecule is COc1ccc(C)c(-c2cc3cnc(NC(=O)C4CC4)cc3n3ncnc23)c1Cl. The molecule has 4 aromatic rings. The number of amides is 1. The van der Waals surface area contributed by atoms with Crippen LogP contribution >= 0.6 is 11.6 Å². The fraction of sp³-hybridized carbons (Fsp3) is 0.238. The molecule has 0 aliphatic heterocycles. The van der Waals surface area contributed by atoms with Crippen molar-refractivity contribution < 1.29 is 9.53 Å². The molecule has 1 aliphatic rings. The first-order valence-electron chi connectivity index (χ1n) is 9.33. The van der Waals surface area contributed by atoms with E-state index < -0.39 is 0 Å². The van der Waals surface area contributed by atoms with Crippen LogP contribution in [-0.4, -0.2) is 32.6 Å². The number of anilines is 1. The number of hydrogen-bond donors (Lipinski definition) is 1. The molecule has 29 heavy (non-hydrogen) atoms. The van der Waals surface area contributed by atoms with E-state index in [1.165, 1.54) is 6.33 Å². The van der Waals surface area contributed by atoms with Gasteiger partial charge in [-0.15, -0.1) is 0 Å². The molecule has 7 nitrogen and oxygen atoms in total. The van der Waals surface area contributed by atoms with Crippen molar-refractivity contribution in [1.82, 2.24) is 19.6 Å². The van der Waals surface area contributed by atoms with Crippen molar-refractivity contribution in [1.29, 1.82) is 0 Å². The lowest BCUT2D eigenvalue weighted by molar-refractivity contribution is -0.117. The van der Waals surface area contributed by atoms with Crippen LogP contribution in [0.1, 0.15) is 18.4 Å². The molecule has 0 radical (unpaired) electrons. The highest BCUT2D eigenvalue weighted by atomic mass is 35.5. The summed E-state index contributed by atoms with van der Waals surface area (Å²) in [6.45, 7) is 1.99. The molecule has 146 valence electrons. The summed E-state index contributed by atoms with van der Waals surface area (Å²) in [6, 6.07) is 7.62. The lowest BCUT2D eigenvalue weighted by atomic mass is 9.99. The summed E-state index contributed by atoms with van der Waals surface area (Å²) in [7, 11) is 1.59. The largest absolute Gasteiger partial charge is 0.495 e. The number of aromatic nitrogens is 4. The van der Waals surface area contributed by atoms with E-state index in [1.807, 2.05) is 31.2 Å². The Bertz CT molecular complexity index is 1280. The third kappa shape index (κ3) is 2.98. The van der Waals surface area contributed by atoms with Gasteiger partial charge in [0.2, 0.25) is 5.91 Å². The van der Waals surface area contributed by atoms with Crippen molar-refractivity contribution in [2.45, 2.75) is 19.8 Å². The molecular weight excluding hydrogens is 390 g/mol. The standard InChI is InChI=1S/C21H18ClN5O2/c1-11-3-6-16(29-2)19(22)18(11)14-7-13-9-23-17(26-21(28)12-4-5-12)8-15(13)27-20(14)24-10-25-27/h3,6-10,12H,4-5H2,1-2H3,(H,23,26,28). The maximum absolute atomic E-state index is 12.1. The van der Waals surface area contributed by atoms with Crippen LogP contribution in [0.3, 0.4) is 0 Å². The zero-order valence-electron chi connectivity index (χ0n) is 15.9. The number of aryl methyl sites for hydroxylation is 1. The van der Waals surface area contributed by atoms with Crippen LogP contribution in [-0.2, 0) is 4.79 Å². The minimum absolute atomic E-state index is 0.0158. The van der Waals surface area contributed by atoms with Gasteiger partial charge in [-0.05, 0) is 37.5 Å². The first-order chi connectivity index (χ1) is 14.1. The van der Waals surface area contributed by atoms with E-state index >= 15 is 0 Å². The number of carbonyl (C=O) groups is 1. The molecule has 1 N–H and O–H groups in total. The molecule has 0 unspecified atom stereocenters. The van der Waals surface area contributed by atoms with Crippen molar-refractivity contribution in [2.75, 3.05) is 12.4 Å². The lowest BCUT2D eigenvalue weighted by Crippen LogP contribution is -2.14. The van der Waals surface area contributed by atoms with Crippen LogP contribution in [0.5, 0.6) is 5.75 Å². The number of nitrogens with zero attached hydrogens (tertiary/aromatic N) is 4. The second-order valence-corrected chi connectivity index (χ2v) is 7.60. The maximum Gasteiger partial charge on any atom is 0.228 e. The number of halogens is 1. The molecule has 3 heterocycles. The Morgan fingerprint density at radius 2 is 2.10 bits per heavy atom. The van der Waals surface area contributed by atoms with Gasteiger partial charge in [-0.1, -0.05) is 17.7 Å². The van der Waals surface area contributed by atoms with E-state index in [9.17, 15) is 4.79 Å². The number of fused-ring (bicyclic) bond motifs is 3. The van der Waals surface area contributed by atoms with Crippen molar-refractivity contribution >= 4 is 39.9 Å². The Hall–Kier alpha value is -3.19. The molecule has 3 aromatic heterocycles. The molecule has 8 heteroatoms. The smallest absolute Gasteiger partial charge is 0.228 e. The van der Waals surface area contributed by atoms with Gasteiger partial charge in [0.05, 0.1) is 17.6 Å². The first-order valence-corrected chi connectivity index (χ1v) is 9.71. The summed E-state index contributed by atoms with van der Waals surface area (Å²) in [5.41, 5.74) is 4.16. The van der Waals surface area contributed by atoms with E-state index in [0.29, 0.717) is 22.2 Å². The van der Waals surface area contributed by atoms with E-state index in [1.54, 1.807) is 17.8 Å². The zero-order chi connectivity index (χ0) is 20.1. The van der Waals surface area contributed by atoms with E-state index in [4.69, 9.17) is 16.3 Å². The summed E-state index contributed by atoms with van der Waals surface area (Å²) in [5, 5.41) is 8.66. The summed E-state index contributed by atoms with van der Waals surface area (Å²) >= 11 is 6.64. The van der Waals surface area contributed by atoms with E-state index in [-0.39, 0.29) is 11.8 Å². The first kappa shape index (κ1) is 17.9. The summed E-state index contributed by atoms with van der Waals surface area (Å²) in [4.78, 5) is 21.0.